The molecule has 2 heterocycles. The number of ether oxygens (including phenoxy) is 1. The number of amides is 1. The molecule has 0 aliphatic carbocycles. The van der Waals surface area contributed by atoms with E-state index < -0.39 is 34.3 Å². The van der Waals surface area contributed by atoms with Crippen LogP contribution in [0.15, 0.2) is 105 Å². The molecular weight excluding hydrogens is 578 g/mol. The third kappa shape index (κ3) is 6.02. The number of benzene rings is 3. The summed E-state index contributed by atoms with van der Waals surface area (Å²) >= 11 is 1.01. The summed E-state index contributed by atoms with van der Waals surface area (Å²) in [6.45, 7) is -0.781. The Labute approximate surface area is 244 Å². The predicted octanol–water partition coefficient (Wildman–Crippen LogP) is 5.85. The van der Waals surface area contributed by atoms with E-state index in [1.807, 2.05) is 48.5 Å². The first-order chi connectivity index (χ1) is 20.3. The molecule has 1 amide bonds. The number of furan rings is 1. The van der Waals surface area contributed by atoms with Crippen molar-refractivity contribution in [1.82, 2.24) is 0 Å². The van der Waals surface area contributed by atoms with E-state index in [-0.39, 0.29) is 26.9 Å². The molecule has 5 rings (SSSR count). The van der Waals surface area contributed by atoms with Gasteiger partial charge in [-0.3, -0.25) is 14.8 Å². The van der Waals surface area contributed by atoms with Crippen LogP contribution in [0.5, 0.6) is 5.75 Å². The van der Waals surface area contributed by atoms with Gasteiger partial charge in [0.1, 0.15) is 32.9 Å². The number of phenols is 1. The first-order valence-corrected chi connectivity index (χ1v) is 14.7. The number of hydrogen-bond acceptors (Lipinski definition) is 9. The lowest BCUT2D eigenvalue weighted by atomic mass is 9.98. The van der Waals surface area contributed by atoms with Gasteiger partial charge in [-0.1, -0.05) is 66.7 Å². The number of anilines is 2. The zero-order valence-electron chi connectivity index (χ0n) is 21.6. The number of nitrogens with zero attached hydrogens (tertiary/aromatic N) is 1. The molecule has 0 radical (unpaired) electrons. The van der Waals surface area contributed by atoms with Crippen molar-refractivity contribution in [1.29, 1.82) is 5.26 Å². The molecule has 0 saturated carbocycles. The Hall–Kier alpha value is -5.38. The summed E-state index contributed by atoms with van der Waals surface area (Å²) in [6, 6.07) is 26.7. The molecule has 0 spiro atoms. The van der Waals surface area contributed by atoms with Crippen LogP contribution in [-0.4, -0.2) is 32.0 Å². The number of carbonyl (C=O) groups excluding carboxylic acids is 2. The van der Waals surface area contributed by atoms with Gasteiger partial charge in [-0.25, -0.2) is 13.2 Å². The Balaban J connectivity index is 1.33. The normalized spacial score (nSPS) is 10.9. The van der Waals surface area contributed by atoms with Crippen LogP contribution in [0.4, 0.5) is 11.6 Å². The van der Waals surface area contributed by atoms with Crippen molar-refractivity contribution in [2.75, 3.05) is 16.6 Å². The summed E-state index contributed by atoms with van der Waals surface area (Å²) in [6.07, 6.45) is 0. The molecule has 12 heteroatoms. The van der Waals surface area contributed by atoms with Gasteiger partial charge in [0.2, 0.25) is 5.88 Å². The highest BCUT2D eigenvalue weighted by Crippen LogP contribution is 2.41. The number of sulfonamides is 1. The molecule has 3 aromatic carbocycles. The Kier molecular flexibility index (Phi) is 8.05. The molecule has 42 heavy (non-hydrogen) atoms. The van der Waals surface area contributed by atoms with Crippen LogP contribution in [0, 0.1) is 11.3 Å². The molecular formula is C30H21N3O7S2. The molecule has 0 atom stereocenters. The van der Waals surface area contributed by atoms with Crippen molar-refractivity contribution in [2.24, 2.45) is 0 Å². The first-order valence-electron chi connectivity index (χ1n) is 12.3. The highest BCUT2D eigenvalue weighted by atomic mass is 32.2. The maximum Gasteiger partial charge on any atom is 0.342 e. The monoisotopic (exact) mass is 599 g/mol. The third-order valence-electron chi connectivity index (χ3n) is 5.93. The Morgan fingerprint density at radius 2 is 1.64 bits per heavy atom. The molecule has 0 aliphatic heterocycles. The number of rotatable bonds is 9. The van der Waals surface area contributed by atoms with Crippen LogP contribution in [0.3, 0.4) is 0 Å². The quantitative estimate of drug-likeness (QED) is 0.141. The van der Waals surface area contributed by atoms with E-state index in [0.717, 1.165) is 23.5 Å². The number of nitriles is 1. The van der Waals surface area contributed by atoms with E-state index in [4.69, 9.17) is 9.15 Å². The molecule has 5 aromatic rings. The second-order valence-corrected chi connectivity index (χ2v) is 11.6. The fraction of sp³-hybridized carbons (Fsp3) is 0.0333. The van der Waals surface area contributed by atoms with Crippen molar-refractivity contribution in [3.05, 3.63) is 108 Å². The fourth-order valence-electron chi connectivity index (χ4n) is 4.06. The van der Waals surface area contributed by atoms with Gasteiger partial charge in [0, 0.05) is 16.8 Å². The van der Waals surface area contributed by atoms with Crippen molar-refractivity contribution < 1.29 is 32.3 Å². The van der Waals surface area contributed by atoms with E-state index in [2.05, 4.69) is 16.1 Å². The van der Waals surface area contributed by atoms with Crippen molar-refractivity contribution in [3.8, 4) is 34.3 Å². The highest BCUT2D eigenvalue weighted by Gasteiger charge is 2.25. The lowest BCUT2D eigenvalue weighted by Gasteiger charge is -2.10. The number of aromatic hydroxyl groups is 1. The molecule has 0 saturated heterocycles. The summed E-state index contributed by atoms with van der Waals surface area (Å²) in [5.41, 5.74) is 1.61. The predicted molar refractivity (Wildman–Crippen MR) is 156 cm³/mol. The van der Waals surface area contributed by atoms with Gasteiger partial charge < -0.3 is 14.3 Å². The summed E-state index contributed by atoms with van der Waals surface area (Å²) in [7, 11) is -3.90. The summed E-state index contributed by atoms with van der Waals surface area (Å²) in [5.74, 6) is -2.10. The number of esters is 1. The van der Waals surface area contributed by atoms with Crippen LogP contribution in [0.1, 0.15) is 15.9 Å². The van der Waals surface area contributed by atoms with Gasteiger partial charge in [-0.2, -0.15) is 5.26 Å². The second-order valence-electron chi connectivity index (χ2n) is 8.75. The summed E-state index contributed by atoms with van der Waals surface area (Å²) < 4.78 is 38.4. The average molecular weight is 600 g/mol. The zero-order valence-corrected chi connectivity index (χ0v) is 23.2. The van der Waals surface area contributed by atoms with Crippen LogP contribution in [0.2, 0.25) is 0 Å². The topological polar surface area (TPSA) is 159 Å². The second kappa shape index (κ2) is 12.0. The number of thiophene rings is 1. The lowest BCUT2D eigenvalue weighted by Crippen LogP contribution is -2.21. The number of hydrogen-bond donors (Lipinski definition) is 3. The van der Waals surface area contributed by atoms with Crippen molar-refractivity contribution in [2.45, 2.75) is 4.21 Å². The molecule has 10 nitrogen and oxygen atoms in total. The van der Waals surface area contributed by atoms with Gasteiger partial charge >= 0.3 is 5.97 Å². The summed E-state index contributed by atoms with van der Waals surface area (Å²) in [5, 5.41) is 24.2. The van der Waals surface area contributed by atoms with Crippen molar-refractivity contribution in [3.63, 3.8) is 0 Å². The number of carbonyl (C=O) groups is 2. The van der Waals surface area contributed by atoms with Gasteiger partial charge in [-0.15, -0.1) is 11.3 Å². The van der Waals surface area contributed by atoms with E-state index in [1.165, 1.54) is 12.1 Å². The van der Waals surface area contributed by atoms with Crippen LogP contribution in [0.25, 0.3) is 22.5 Å². The minimum absolute atomic E-state index is 0.00809. The highest BCUT2D eigenvalue weighted by molar-refractivity contribution is 7.94. The maximum atomic E-state index is 12.8. The Morgan fingerprint density at radius 1 is 0.952 bits per heavy atom. The van der Waals surface area contributed by atoms with Crippen LogP contribution in [-0.2, 0) is 19.6 Å². The van der Waals surface area contributed by atoms with E-state index >= 15 is 0 Å². The van der Waals surface area contributed by atoms with Crippen LogP contribution >= 0.6 is 11.3 Å². The number of phenolic OH excluding ortho intramolecular Hbond substituents is 1. The fourth-order valence-corrected chi connectivity index (χ4v) is 6.10. The first kappa shape index (κ1) is 28.2. The summed E-state index contributed by atoms with van der Waals surface area (Å²) in [4.78, 5) is 25.5. The molecule has 0 fully saturated rings. The minimum atomic E-state index is -3.90. The number of nitrogens with one attached hydrogen (secondary N) is 2. The van der Waals surface area contributed by atoms with E-state index in [9.17, 15) is 28.4 Å². The zero-order chi connectivity index (χ0) is 29.7. The molecule has 0 bridgehead atoms. The van der Waals surface area contributed by atoms with E-state index in [0.29, 0.717) is 22.5 Å². The Bertz CT molecular complexity index is 1900. The third-order valence-corrected chi connectivity index (χ3v) is 8.71. The largest absolute Gasteiger partial charge is 0.507 e. The SMILES string of the molecule is N#Cc1c(NC(=O)COC(=O)c2cc(NS(=O)(=O)c3cccs3)ccc2O)oc(-c2ccccc2)c1-c1ccccc1. The maximum absolute atomic E-state index is 12.8. The average Bonchev–Trinajstić information content (AvgIpc) is 3.67. The van der Waals surface area contributed by atoms with Gasteiger partial charge in [-0.05, 0) is 35.2 Å². The molecule has 2 aromatic heterocycles. The standard InChI is InChI=1S/C30H21N3O7S2/c31-17-23-27(19-8-3-1-4-9-19)28(20-10-5-2-6-11-20)40-29(23)32-25(35)18-39-30(36)22-16-21(13-14-24(22)34)33-42(37,38)26-12-7-15-41-26/h1-16,33-34H,18H2,(H,32,35). The van der Waals surface area contributed by atoms with Gasteiger partial charge in [0.15, 0.2) is 6.61 Å². The molecule has 0 aliphatic rings. The minimum Gasteiger partial charge on any atom is -0.507 e. The van der Waals surface area contributed by atoms with E-state index in [1.54, 1.807) is 23.6 Å². The van der Waals surface area contributed by atoms with Crippen molar-refractivity contribution >= 4 is 44.8 Å². The van der Waals surface area contributed by atoms with Gasteiger partial charge in [0.25, 0.3) is 15.9 Å². The van der Waals surface area contributed by atoms with Gasteiger partial charge in [0.05, 0.1) is 0 Å². The smallest absolute Gasteiger partial charge is 0.342 e. The lowest BCUT2D eigenvalue weighted by molar-refractivity contribution is -0.119. The molecule has 210 valence electrons. The molecule has 3 N–H and O–H groups in total. The van der Waals surface area contributed by atoms with Crippen LogP contribution < -0.4 is 10.0 Å². The Morgan fingerprint density at radius 3 is 2.29 bits per heavy atom. The molecule has 0 unspecified atom stereocenters.